The summed E-state index contributed by atoms with van der Waals surface area (Å²) in [4.78, 5) is 19.9. The molecule has 0 radical (unpaired) electrons. The van der Waals surface area contributed by atoms with Gasteiger partial charge in [-0.05, 0) is 119 Å². The van der Waals surface area contributed by atoms with E-state index in [0.717, 1.165) is 79.7 Å². The number of pyridine rings is 1. The van der Waals surface area contributed by atoms with E-state index in [1.165, 1.54) is 38.8 Å². The number of fused-ring (bicyclic) bond motifs is 2. The Morgan fingerprint density at radius 2 is 1.98 bits per heavy atom. The average molecular weight is 615 g/mol. The first-order valence-electron chi connectivity index (χ1n) is 16.5. The monoisotopic (exact) mass is 614 g/mol. The molecule has 1 atom stereocenters. The van der Waals surface area contributed by atoms with E-state index >= 15 is 4.39 Å². The average Bonchev–Trinajstić information content (AvgIpc) is 3.35. The highest BCUT2D eigenvalue weighted by Gasteiger charge is 2.43. The predicted octanol–water partition coefficient (Wildman–Crippen LogP) is 7.53. The number of hydrogen-bond acceptors (Lipinski definition) is 6. The van der Waals surface area contributed by atoms with Crippen LogP contribution in [0.2, 0.25) is 5.02 Å². The minimum atomic E-state index is -0.390. The molecule has 6 nitrogen and oxygen atoms in total. The van der Waals surface area contributed by atoms with Crippen molar-refractivity contribution in [1.82, 2.24) is 25.2 Å². The normalized spacial score (nSPS) is 21.2. The van der Waals surface area contributed by atoms with E-state index in [-0.39, 0.29) is 11.4 Å². The maximum absolute atomic E-state index is 16.9. The summed E-state index contributed by atoms with van der Waals surface area (Å²) in [5.41, 5.74) is 4.60. The SMILES string of the molecule is C=CC(=C)CN(CC1CCCN1)c1nc(CCC23CCCN2CCC3)nc2c(F)c(-c3cc(C)cc(Cl)c3C3CC3)ncc12. The molecular formula is C36H44ClFN6. The molecule has 0 bridgehead atoms. The van der Waals surface area contributed by atoms with E-state index in [9.17, 15) is 0 Å². The highest BCUT2D eigenvalue weighted by Crippen LogP contribution is 2.48. The molecule has 3 aromatic rings. The zero-order valence-corrected chi connectivity index (χ0v) is 26.7. The van der Waals surface area contributed by atoms with Crippen LogP contribution >= 0.6 is 11.6 Å². The molecule has 1 saturated carbocycles. The summed E-state index contributed by atoms with van der Waals surface area (Å²) in [6.45, 7) is 14.9. The van der Waals surface area contributed by atoms with Crippen molar-refractivity contribution >= 4 is 28.3 Å². The topological polar surface area (TPSA) is 57.2 Å². The van der Waals surface area contributed by atoms with Gasteiger partial charge in [0.25, 0.3) is 0 Å². The van der Waals surface area contributed by atoms with Crippen LogP contribution in [0.25, 0.3) is 22.2 Å². The second kappa shape index (κ2) is 12.1. The Kier molecular flexibility index (Phi) is 8.23. The van der Waals surface area contributed by atoms with Crippen molar-refractivity contribution in [2.75, 3.05) is 37.6 Å². The van der Waals surface area contributed by atoms with Crippen molar-refractivity contribution in [2.45, 2.75) is 88.6 Å². The molecule has 7 rings (SSSR count). The molecule has 3 aliphatic heterocycles. The minimum Gasteiger partial charge on any atom is -0.350 e. The number of hydrogen-bond donors (Lipinski definition) is 1. The van der Waals surface area contributed by atoms with Gasteiger partial charge in [0.1, 0.15) is 22.9 Å². The van der Waals surface area contributed by atoms with E-state index in [1.54, 1.807) is 12.3 Å². The third-order valence-corrected chi connectivity index (χ3v) is 10.7. The number of rotatable bonds is 11. The van der Waals surface area contributed by atoms with Crippen molar-refractivity contribution in [3.8, 4) is 11.3 Å². The first-order chi connectivity index (χ1) is 21.3. The third kappa shape index (κ3) is 5.67. The first kappa shape index (κ1) is 29.8. The highest BCUT2D eigenvalue weighted by atomic mass is 35.5. The Morgan fingerprint density at radius 1 is 1.18 bits per heavy atom. The van der Waals surface area contributed by atoms with Gasteiger partial charge in [-0.15, -0.1) is 0 Å². The van der Waals surface area contributed by atoms with Gasteiger partial charge in [-0.25, -0.2) is 14.4 Å². The zero-order chi connectivity index (χ0) is 30.4. The maximum Gasteiger partial charge on any atom is 0.175 e. The Hall–Kier alpha value is -2.87. The largest absolute Gasteiger partial charge is 0.350 e. The molecule has 2 aromatic heterocycles. The lowest BCUT2D eigenvalue weighted by atomic mass is 9.88. The Bertz CT molecular complexity index is 1580. The van der Waals surface area contributed by atoms with Gasteiger partial charge in [-0.3, -0.25) is 9.88 Å². The summed E-state index contributed by atoms with van der Waals surface area (Å²) in [5.74, 6) is 1.40. The van der Waals surface area contributed by atoms with Crippen LogP contribution in [0, 0.1) is 12.7 Å². The van der Waals surface area contributed by atoms with Gasteiger partial charge >= 0.3 is 0 Å². The molecule has 0 amide bonds. The summed E-state index contributed by atoms with van der Waals surface area (Å²) in [6, 6.07) is 4.34. The fraction of sp³-hybridized carbons (Fsp3) is 0.528. The van der Waals surface area contributed by atoms with Crippen molar-refractivity contribution in [3.63, 3.8) is 0 Å². The van der Waals surface area contributed by atoms with Gasteiger partial charge in [0.15, 0.2) is 5.82 Å². The van der Waals surface area contributed by atoms with Crippen molar-refractivity contribution in [1.29, 1.82) is 0 Å². The third-order valence-electron chi connectivity index (χ3n) is 10.4. The predicted molar refractivity (Wildman–Crippen MR) is 178 cm³/mol. The van der Waals surface area contributed by atoms with Crippen molar-refractivity contribution < 1.29 is 4.39 Å². The molecule has 8 heteroatoms. The fourth-order valence-corrected chi connectivity index (χ4v) is 8.48. The standard InChI is InChI=1S/C36H44ClFN6/c1-4-23(2)21-43(22-26-8-5-15-39-26)35-28-20-40-33(27-18-24(3)19-29(37)31(27)25-9-10-25)32(38)34(28)41-30(42-35)11-14-36-12-6-16-44(36)17-7-13-36/h4,18-20,25-26,39H,1-2,5-17,21-22H2,3H3. The number of anilines is 1. The van der Waals surface area contributed by atoms with Gasteiger partial charge in [-0.2, -0.15) is 0 Å². The van der Waals surface area contributed by atoms with Gasteiger partial charge in [0.05, 0.1) is 5.39 Å². The quantitative estimate of drug-likeness (QED) is 0.225. The summed E-state index contributed by atoms with van der Waals surface area (Å²) >= 11 is 6.76. The lowest BCUT2D eigenvalue weighted by Crippen LogP contribution is -2.39. The van der Waals surface area contributed by atoms with E-state index < -0.39 is 0 Å². The number of nitrogens with one attached hydrogen (secondary N) is 1. The molecule has 0 spiro atoms. The van der Waals surface area contributed by atoms with E-state index in [1.807, 2.05) is 19.1 Å². The van der Waals surface area contributed by atoms with E-state index in [2.05, 4.69) is 28.3 Å². The smallest absolute Gasteiger partial charge is 0.175 e. The second-order valence-corrected chi connectivity index (χ2v) is 14.0. The highest BCUT2D eigenvalue weighted by molar-refractivity contribution is 6.32. The Balaban J connectivity index is 1.35. The van der Waals surface area contributed by atoms with Crippen LogP contribution in [0.3, 0.4) is 0 Å². The van der Waals surface area contributed by atoms with Crippen molar-refractivity contribution in [3.05, 3.63) is 70.9 Å². The first-order valence-corrected chi connectivity index (χ1v) is 16.9. The number of aromatic nitrogens is 3. The Morgan fingerprint density at radius 3 is 2.68 bits per heavy atom. The van der Waals surface area contributed by atoms with Crippen LogP contribution in [0.4, 0.5) is 10.2 Å². The van der Waals surface area contributed by atoms with Gasteiger partial charge in [0, 0.05) is 47.9 Å². The van der Waals surface area contributed by atoms with Gasteiger partial charge < -0.3 is 10.2 Å². The van der Waals surface area contributed by atoms with Crippen LogP contribution in [0.15, 0.2) is 43.1 Å². The molecule has 1 aliphatic carbocycles. The van der Waals surface area contributed by atoms with Crippen LogP contribution in [0.1, 0.15) is 80.7 Å². The molecule has 4 aliphatic rings. The summed E-state index contributed by atoms with van der Waals surface area (Å²) in [5, 5.41) is 4.96. The fourth-order valence-electron chi connectivity index (χ4n) is 8.06. The van der Waals surface area contributed by atoms with Crippen LogP contribution < -0.4 is 10.2 Å². The molecule has 1 N–H and O–H groups in total. The van der Waals surface area contributed by atoms with Crippen LogP contribution in [0.5, 0.6) is 0 Å². The molecule has 3 saturated heterocycles. The molecule has 4 fully saturated rings. The van der Waals surface area contributed by atoms with Gasteiger partial charge in [0.2, 0.25) is 0 Å². The molecule has 1 aromatic carbocycles. The summed E-state index contributed by atoms with van der Waals surface area (Å²) in [7, 11) is 0. The van der Waals surface area contributed by atoms with Crippen LogP contribution in [-0.2, 0) is 6.42 Å². The number of nitrogens with zero attached hydrogens (tertiary/aromatic N) is 5. The maximum atomic E-state index is 16.9. The lowest BCUT2D eigenvalue weighted by molar-refractivity contribution is 0.182. The van der Waals surface area contributed by atoms with Crippen molar-refractivity contribution in [2.24, 2.45) is 0 Å². The molecule has 5 heterocycles. The molecular weight excluding hydrogens is 571 g/mol. The molecule has 44 heavy (non-hydrogen) atoms. The zero-order valence-electron chi connectivity index (χ0n) is 26.0. The lowest BCUT2D eigenvalue weighted by Gasteiger charge is -2.32. The Labute approximate surface area is 265 Å². The van der Waals surface area contributed by atoms with E-state index in [4.69, 9.17) is 26.6 Å². The number of halogens is 2. The number of aryl methyl sites for hydroxylation is 2. The number of benzene rings is 1. The minimum absolute atomic E-state index is 0.239. The van der Waals surface area contributed by atoms with Gasteiger partial charge in [-0.1, -0.05) is 30.8 Å². The second-order valence-electron chi connectivity index (χ2n) is 13.6. The van der Waals surface area contributed by atoms with E-state index in [0.29, 0.717) is 45.9 Å². The summed E-state index contributed by atoms with van der Waals surface area (Å²) < 4.78 is 16.9. The summed E-state index contributed by atoms with van der Waals surface area (Å²) in [6.07, 6.45) is 14.6. The molecule has 1 unspecified atom stereocenters. The van der Waals surface area contributed by atoms with Crippen LogP contribution in [-0.4, -0.2) is 64.2 Å². The molecule has 232 valence electrons.